The zero-order valence-corrected chi connectivity index (χ0v) is 17.6. The molecule has 162 valence electrons. The van der Waals surface area contributed by atoms with Gasteiger partial charge in [-0.2, -0.15) is 10.2 Å². The smallest absolute Gasteiger partial charge is 0.356 e. The Morgan fingerprint density at radius 3 is 2.74 bits per heavy atom. The lowest BCUT2D eigenvalue weighted by Gasteiger charge is -2.13. The highest BCUT2D eigenvalue weighted by Gasteiger charge is 2.31. The highest BCUT2D eigenvalue weighted by atomic mass is 32.2. The van der Waals surface area contributed by atoms with E-state index in [0.29, 0.717) is 23.6 Å². The number of amides is 1. The molecule has 0 bridgehead atoms. The summed E-state index contributed by atoms with van der Waals surface area (Å²) < 4.78 is 30.1. The summed E-state index contributed by atoms with van der Waals surface area (Å²) in [5.41, 5.74) is 2.20. The summed E-state index contributed by atoms with van der Waals surface area (Å²) in [6, 6.07) is 12.2. The molecule has 0 aliphatic carbocycles. The van der Waals surface area contributed by atoms with E-state index < -0.39 is 28.3 Å². The van der Waals surface area contributed by atoms with Gasteiger partial charge in [0.1, 0.15) is 11.5 Å². The van der Waals surface area contributed by atoms with Gasteiger partial charge in [-0.15, -0.1) is 0 Å². The van der Waals surface area contributed by atoms with Crippen molar-refractivity contribution in [2.24, 2.45) is 0 Å². The van der Waals surface area contributed by atoms with Gasteiger partial charge in [-0.3, -0.25) is 9.89 Å². The van der Waals surface area contributed by atoms with E-state index in [-0.39, 0.29) is 23.2 Å². The maximum Gasteiger partial charge on any atom is 0.356 e. The summed E-state index contributed by atoms with van der Waals surface area (Å²) in [6.45, 7) is 1.24. The van der Waals surface area contributed by atoms with Crippen molar-refractivity contribution in [3.8, 4) is 11.3 Å². The van der Waals surface area contributed by atoms with E-state index >= 15 is 0 Å². The number of esters is 1. The summed E-state index contributed by atoms with van der Waals surface area (Å²) in [6.07, 6.45) is 0.435. The van der Waals surface area contributed by atoms with Crippen molar-refractivity contribution in [1.82, 2.24) is 20.0 Å². The molecule has 0 saturated carbocycles. The molecule has 0 radical (unpaired) electrons. The van der Waals surface area contributed by atoms with Gasteiger partial charge >= 0.3 is 5.97 Å². The second-order valence-corrected chi connectivity index (χ2v) is 9.56. The minimum atomic E-state index is -3.10. The summed E-state index contributed by atoms with van der Waals surface area (Å²) in [4.78, 5) is 24.5. The van der Waals surface area contributed by atoms with Crippen LogP contribution in [0.5, 0.6) is 0 Å². The fourth-order valence-corrected chi connectivity index (χ4v) is 5.12. The SMILES string of the molecule is Cc1cc(NC(=O)COC(=O)c2cc(-c3ccccc3)n[nH]2)n(C2CCS(=O)(=O)C2)n1. The van der Waals surface area contributed by atoms with E-state index in [4.69, 9.17) is 4.74 Å². The minimum Gasteiger partial charge on any atom is -0.451 e. The van der Waals surface area contributed by atoms with Crippen LogP contribution in [0.15, 0.2) is 42.5 Å². The lowest BCUT2D eigenvalue weighted by molar-refractivity contribution is -0.119. The van der Waals surface area contributed by atoms with Gasteiger partial charge in [0.2, 0.25) is 0 Å². The van der Waals surface area contributed by atoms with Crippen molar-refractivity contribution in [1.29, 1.82) is 0 Å². The Morgan fingerprint density at radius 1 is 1.26 bits per heavy atom. The number of aryl methyl sites for hydroxylation is 1. The molecule has 11 heteroatoms. The molecule has 1 saturated heterocycles. The topological polar surface area (TPSA) is 136 Å². The second-order valence-electron chi connectivity index (χ2n) is 7.33. The van der Waals surface area contributed by atoms with Crippen molar-refractivity contribution in [3.63, 3.8) is 0 Å². The molecule has 2 aromatic heterocycles. The Hall–Kier alpha value is -3.47. The average Bonchev–Trinajstić information content (AvgIpc) is 3.45. The first-order valence-corrected chi connectivity index (χ1v) is 11.5. The van der Waals surface area contributed by atoms with Crippen LogP contribution in [0.25, 0.3) is 11.3 Å². The molecule has 1 aliphatic heterocycles. The summed E-state index contributed by atoms with van der Waals surface area (Å²) in [5, 5.41) is 13.6. The third kappa shape index (κ3) is 4.82. The molecule has 1 aromatic carbocycles. The predicted molar refractivity (Wildman–Crippen MR) is 112 cm³/mol. The quantitative estimate of drug-likeness (QED) is 0.554. The number of carbonyl (C=O) groups excluding carboxylic acids is 2. The molecule has 3 heterocycles. The van der Waals surface area contributed by atoms with Crippen molar-refractivity contribution in [2.45, 2.75) is 19.4 Å². The molecule has 1 atom stereocenters. The first-order chi connectivity index (χ1) is 14.8. The van der Waals surface area contributed by atoms with Crippen molar-refractivity contribution < 1.29 is 22.7 Å². The number of H-pyrrole nitrogens is 1. The Labute approximate surface area is 178 Å². The Kier molecular flexibility index (Phi) is 5.59. The van der Waals surface area contributed by atoms with Crippen LogP contribution in [0.4, 0.5) is 5.82 Å². The van der Waals surface area contributed by atoms with Crippen LogP contribution < -0.4 is 5.32 Å². The van der Waals surface area contributed by atoms with E-state index in [1.807, 2.05) is 30.3 Å². The number of rotatable bonds is 6. The van der Waals surface area contributed by atoms with Crippen LogP contribution in [-0.2, 0) is 19.4 Å². The molecule has 1 unspecified atom stereocenters. The third-order valence-electron chi connectivity index (χ3n) is 4.88. The number of ether oxygens (including phenoxy) is 1. The van der Waals surface area contributed by atoms with E-state index in [1.165, 1.54) is 4.68 Å². The Balaban J connectivity index is 1.36. The lowest BCUT2D eigenvalue weighted by atomic mass is 10.1. The number of carbonyl (C=O) groups is 2. The number of sulfone groups is 1. The van der Waals surface area contributed by atoms with Crippen LogP contribution >= 0.6 is 0 Å². The van der Waals surface area contributed by atoms with Crippen LogP contribution in [0.1, 0.15) is 28.6 Å². The number of hydrogen-bond donors (Lipinski definition) is 2. The number of nitrogens with one attached hydrogen (secondary N) is 2. The molecule has 3 aromatic rings. The van der Waals surface area contributed by atoms with E-state index in [2.05, 4.69) is 20.6 Å². The lowest BCUT2D eigenvalue weighted by Crippen LogP contribution is -2.24. The van der Waals surface area contributed by atoms with Gasteiger partial charge in [0.25, 0.3) is 5.91 Å². The first kappa shape index (κ1) is 20.8. The number of aromatic nitrogens is 4. The van der Waals surface area contributed by atoms with Gasteiger partial charge in [-0.25, -0.2) is 17.9 Å². The molecule has 1 amide bonds. The van der Waals surface area contributed by atoms with Crippen LogP contribution in [0.2, 0.25) is 0 Å². The molecule has 4 rings (SSSR count). The summed E-state index contributed by atoms with van der Waals surface area (Å²) in [5.74, 6) is -0.824. The predicted octanol–water partition coefficient (Wildman–Crippen LogP) is 1.74. The van der Waals surface area contributed by atoms with Crippen molar-refractivity contribution in [3.05, 3.63) is 53.9 Å². The number of benzene rings is 1. The Bertz CT molecular complexity index is 1220. The standard InChI is InChI=1S/C20H21N5O5S/c1-13-9-18(25(24-13)15-7-8-31(28,29)12-15)21-19(26)11-30-20(27)17-10-16(22-23-17)14-5-3-2-4-6-14/h2-6,9-10,15H,7-8,11-12H2,1H3,(H,21,26)(H,22,23). The first-order valence-electron chi connectivity index (χ1n) is 9.65. The van der Waals surface area contributed by atoms with Gasteiger partial charge in [-0.05, 0) is 19.4 Å². The minimum absolute atomic E-state index is 0.0183. The van der Waals surface area contributed by atoms with Crippen molar-refractivity contribution in [2.75, 3.05) is 23.4 Å². The fourth-order valence-electron chi connectivity index (χ4n) is 3.43. The molecular formula is C20H21N5O5S. The van der Waals surface area contributed by atoms with E-state index in [0.717, 1.165) is 5.56 Å². The largest absolute Gasteiger partial charge is 0.451 e. The Morgan fingerprint density at radius 2 is 2.03 bits per heavy atom. The number of aromatic amines is 1. The zero-order chi connectivity index (χ0) is 22.0. The highest BCUT2D eigenvalue weighted by molar-refractivity contribution is 7.91. The van der Waals surface area contributed by atoms with Gasteiger partial charge in [-0.1, -0.05) is 30.3 Å². The van der Waals surface area contributed by atoms with Crippen LogP contribution in [0.3, 0.4) is 0 Å². The van der Waals surface area contributed by atoms with Gasteiger partial charge < -0.3 is 10.1 Å². The second kappa shape index (κ2) is 8.34. The molecule has 31 heavy (non-hydrogen) atoms. The number of nitrogens with zero attached hydrogens (tertiary/aromatic N) is 3. The summed E-state index contributed by atoms with van der Waals surface area (Å²) >= 11 is 0. The van der Waals surface area contributed by atoms with E-state index in [9.17, 15) is 18.0 Å². The van der Waals surface area contributed by atoms with Gasteiger partial charge in [0, 0.05) is 11.6 Å². The average molecular weight is 443 g/mol. The molecule has 1 aliphatic rings. The molecule has 1 fully saturated rings. The highest BCUT2D eigenvalue weighted by Crippen LogP contribution is 2.27. The van der Waals surface area contributed by atoms with Gasteiger partial charge in [0.05, 0.1) is 28.9 Å². The third-order valence-corrected chi connectivity index (χ3v) is 6.63. The maximum absolute atomic E-state index is 12.3. The van der Waals surface area contributed by atoms with Crippen LogP contribution in [0, 0.1) is 6.92 Å². The summed E-state index contributed by atoms with van der Waals surface area (Å²) in [7, 11) is -3.10. The number of anilines is 1. The van der Waals surface area contributed by atoms with Crippen LogP contribution in [-0.4, -0.2) is 58.4 Å². The van der Waals surface area contributed by atoms with Crippen molar-refractivity contribution >= 4 is 27.5 Å². The normalized spacial score (nSPS) is 17.4. The van der Waals surface area contributed by atoms with Gasteiger partial charge in [0.15, 0.2) is 16.4 Å². The number of hydrogen-bond acceptors (Lipinski definition) is 7. The monoisotopic (exact) mass is 443 g/mol. The molecule has 10 nitrogen and oxygen atoms in total. The zero-order valence-electron chi connectivity index (χ0n) is 16.7. The molecule has 0 spiro atoms. The molecular weight excluding hydrogens is 422 g/mol. The maximum atomic E-state index is 12.3. The fraction of sp³-hybridized carbons (Fsp3) is 0.300. The van der Waals surface area contributed by atoms with E-state index in [1.54, 1.807) is 19.1 Å². The molecule has 2 N–H and O–H groups in total.